The summed E-state index contributed by atoms with van der Waals surface area (Å²) in [5.74, 6) is -0.578. The van der Waals surface area contributed by atoms with Gasteiger partial charge in [0, 0.05) is 24.5 Å². The molecular formula is C17H15FN2O2S2. The van der Waals surface area contributed by atoms with E-state index < -0.39 is 10.0 Å². The number of rotatable bonds is 6. The van der Waals surface area contributed by atoms with E-state index in [0.717, 1.165) is 16.7 Å². The fourth-order valence-electron chi connectivity index (χ4n) is 2.22. The maximum absolute atomic E-state index is 12.9. The van der Waals surface area contributed by atoms with E-state index >= 15 is 0 Å². The Bertz CT molecular complexity index is 908. The van der Waals surface area contributed by atoms with Crippen molar-refractivity contribution in [2.75, 3.05) is 0 Å². The van der Waals surface area contributed by atoms with Crippen molar-refractivity contribution in [3.05, 3.63) is 76.5 Å². The molecule has 0 atom stereocenters. The summed E-state index contributed by atoms with van der Waals surface area (Å²) >= 11 is 1.59. The SMILES string of the molecule is O=S(=O)(Cc1ccc(F)cc1)NCc1cncc(-c2ccsc2)c1. The fraction of sp³-hybridized carbons (Fsp3) is 0.118. The number of nitrogens with one attached hydrogen (secondary N) is 1. The van der Waals surface area contributed by atoms with Crippen LogP contribution in [0.5, 0.6) is 0 Å². The number of hydrogen-bond acceptors (Lipinski definition) is 4. The standard InChI is InChI=1S/C17H15FN2O2S2/c18-17-3-1-13(2-4-17)12-24(21,22)20-9-14-7-16(10-19-8-14)15-5-6-23-11-15/h1-8,10-11,20H,9,12H2. The highest BCUT2D eigenvalue weighted by atomic mass is 32.2. The van der Waals surface area contributed by atoms with Gasteiger partial charge in [-0.1, -0.05) is 12.1 Å². The Balaban J connectivity index is 1.66. The summed E-state index contributed by atoms with van der Waals surface area (Å²) in [5.41, 5.74) is 3.32. The van der Waals surface area contributed by atoms with Crippen molar-refractivity contribution >= 4 is 21.4 Å². The number of sulfonamides is 1. The molecule has 0 saturated carbocycles. The smallest absolute Gasteiger partial charge is 0.216 e. The predicted molar refractivity (Wildman–Crippen MR) is 93.4 cm³/mol. The minimum Gasteiger partial charge on any atom is -0.264 e. The summed E-state index contributed by atoms with van der Waals surface area (Å²) in [6.07, 6.45) is 3.38. The first kappa shape index (κ1) is 16.8. The summed E-state index contributed by atoms with van der Waals surface area (Å²) in [6.45, 7) is 0.161. The molecule has 0 amide bonds. The highest BCUT2D eigenvalue weighted by molar-refractivity contribution is 7.88. The molecular weight excluding hydrogens is 347 g/mol. The van der Waals surface area contributed by atoms with Gasteiger partial charge in [-0.15, -0.1) is 0 Å². The molecule has 0 aliphatic carbocycles. The largest absolute Gasteiger partial charge is 0.264 e. The summed E-state index contributed by atoms with van der Waals surface area (Å²) in [7, 11) is -3.51. The zero-order valence-electron chi connectivity index (χ0n) is 12.6. The van der Waals surface area contributed by atoms with Gasteiger partial charge in [-0.25, -0.2) is 17.5 Å². The second-order valence-corrected chi connectivity index (χ2v) is 7.89. The molecule has 1 aromatic carbocycles. The molecule has 0 spiro atoms. The summed E-state index contributed by atoms with van der Waals surface area (Å²) < 4.78 is 39.7. The maximum Gasteiger partial charge on any atom is 0.216 e. The molecule has 0 bridgehead atoms. The van der Waals surface area contributed by atoms with Gasteiger partial charge >= 0.3 is 0 Å². The first-order valence-corrected chi connectivity index (χ1v) is 9.80. The summed E-state index contributed by atoms with van der Waals surface area (Å²) in [4.78, 5) is 4.16. The van der Waals surface area contributed by atoms with Crippen LogP contribution in [-0.4, -0.2) is 13.4 Å². The molecule has 0 radical (unpaired) electrons. The third kappa shape index (κ3) is 4.47. The molecule has 124 valence electrons. The van der Waals surface area contributed by atoms with Crippen molar-refractivity contribution < 1.29 is 12.8 Å². The topological polar surface area (TPSA) is 59.1 Å². The number of nitrogens with zero attached hydrogens (tertiary/aromatic N) is 1. The van der Waals surface area contributed by atoms with Crippen LogP contribution in [-0.2, 0) is 22.3 Å². The Labute approximate surface area is 144 Å². The lowest BCUT2D eigenvalue weighted by molar-refractivity contribution is 0.580. The van der Waals surface area contributed by atoms with Crippen LogP contribution in [0.15, 0.2) is 59.6 Å². The average Bonchev–Trinajstić information content (AvgIpc) is 3.10. The lowest BCUT2D eigenvalue weighted by Crippen LogP contribution is -2.24. The van der Waals surface area contributed by atoms with Crippen molar-refractivity contribution in [1.82, 2.24) is 9.71 Å². The number of pyridine rings is 1. The first-order chi connectivity index (χ1) is 11.5. The van der Waals surface area contributed by atoms with E-state index in [-0.39, 0.29) is 18.1 Å². The van der Waals surface area contributed by atoms with Gasteiger partial charge in [0.2, 0.25) is 10.0 Å². The minimum atomic E-state index is -3.51. The molecule has 0 fully saturated rings. The Kier molecular flexibility index (Phi) is 5.03. The Morgan fingerprint density at radius 3 is 2.54 bits per heavy atom. The van der Waals surface area contributed by atoms with Crippen molar-refractivity contribution in [3.63, 3.8) is 0 Å². The van der Waals surface area contributed by atoms with E-state index in [4.69, 9.17) is 0 Å². The van der Waals surface area contributed by atoms with E-state index in [1.807, 2.05) is 22.9 Å². The Hall–Kier alpha value is -2.09. The van der Waals surface area contributed by atoms with Crippen LogP contribution in [0.25, 0.3) is 11.1 Å². The van der Waals surface area contributed by atoms with E-state index in [9.17, 15) is 12.8 Å². The van der Waals surface area contributed by atoms with Gasteiger partial charge in [-0.3, -0.25) is 4.98 Å². The highest BCUT2D eigenvalue weighted by Crippen LogP contribution is 2.22. The van der Waals surface area contributed by atoms with Gasteiger partial charge in [0.05, 0.1) is 5.75 Å². The molecule has 2 aromatic heterocycles. The first-order valence-electron chi connectivity index (χ1n) is 7.20. The Morgan fingerprint density at radius 1 is 1.04 bits per heavy atom. The lowest BCUT2D eigenvalue weighted by atomic mass is 10.1. The zero-order chi connectivity index (χ0) is 17.0. The third-order valence-corrected chi connectivity index (χ3v) is 5.40. The van der Waals surface area contributed by atoms with Crippen LogP contribution in [0.2, 0.25) is 0 Å². The van der Waals surface area contributed by atoms with E-state index in [2.05, 4.69) is 9.71 Å². The van der Waals surface area contributed by atoms with E-state index in [0.29, 0.717) is 5.56 Å². The molecule has 0 unspecified atom stereocenters. The van der Waals surface area contributed by atoms with Crippen LogP contribution in [0.3, 0.4) is 0 Å². The minimum absolute atomic E-state index is 0.161. The van der Waals surface area contributed by atoms with Crippen LogP contribution in [0.4, 0.5) is 4.39 Å². The molecule has 0 aliphatic rings. The number of halogens is 1. The molecule has 3 rings (SSSR count). The van der Waals surface area contributed by atoms with Gasteiger partial charge in [-0.2, -0.15) is 11.3 Å². The van der Waals surface area contributed by atoms with Gasteiger partial charge in [0.15, 0.2) is 0 Å². The second kappa shape index (κ2) is 7.21. The second-order valence-electron chi connectivity index (χ2n) is 5.30. The van der Waals surface area contributed by atoms with Gasteiger partial charge in [0.25, 0.3) is 0 Å². The maximum atomic E-state index is 12.9. The number of benzene rings is 1. The number of thiophene rings is 1. The van der Waals surface area contributed by atoms with Crippen LogP contribution in [0.1, 0.15) is 11.1 Å². The quantitative estimate of drug-likeness (QED) is 0.729. The van der Waals surface area contributed by atoms with Crippen LogP contribution in [0, 0.1) is 5.82 Å². The van der Waals surface area contributed by atoms with Crippen molar-refractivity contribution in [2.45, 2.75) is 12.3 Å². The van der Waals surface area contributed by atoms with Crippen molar-refractivity contribution in [2.24, 2.45) is 0 Å². The monoisotopic (exact) mass is 362 g/mol. The predicted octanol–water partition coefficient (Wildman–Crippen LogP) is 3.57. The molecule has 3 aromatic rings. The Morgan fingerprint density at radius 2 is 1.83 bits per heavy atom. The molecule has 4 nitrogen and oxygen atoms in total. The average molecular weight is 362 g/mol. The van der Waals surface area contributed by atoms with Crippen LogP contribution >= 0.6 is 11.3 Å². The molecule has 1 N–H and O–H groups in total. The summed E-state index contributed by atoms with van der Waals surface area (Å²) in [6, 6.07) is 9.33. The molecule has 0 saturated heterocycles. The van der Waals surface area contributed by atoms with E-state index in [1.165, 1.54) is 24.3 Å². The fourth-order valence-corrected chi connectivity index (χ4v) is 4.00. The van der Waals surface area contributed by atoms with Gasteiger partial charge in [-0.05, 0) is 51.7 Å². The molecule has 7 heteroatoms. The molecule has 24 heavy (non-hydrogen) atoms. The van der Waals surface area contributed by atoms with E-state index in [1.54, 1.807) is 23.7 Å². The van der Waals surface area contributed by atoms with Gasteiger partial charge in [0.1, 0.15) is 5.82 Å². The van der Waals surface area contributed by atoms with Gasteiger partial charge < -0.3 is 0 Å². The van der Waals surface area contributed by atoms with Crippen molar-refractivity contribution in [1.29, 1.82) is 0 Å². The molecule has 2 heterocycles. The lowest BCUT2D eigenvalue weighted by Gasteiger charge is -2.08. The third-order valence-electron chi connectivity index (χ3n) is 3.42. The number of hydrogen-bond donors (Lipinski definition) is 1. The molecule has 0 aliphatic heterocycles. The highest BCUT2D eigenvalue weighted by Gasteiger charge is 2.12. The normalized spacial score (nSPS) is 11.5. The van der Waals surface area contributed by atoms with Crippen LogP contribution < -0.4 is 4.72 Å². The number of aromatic nitrogens is 1. The summed E-state index contributed by atoms with van der Waals surface area (Å²) in [5, 5.41) is 3.99. The zero-order valence-corrected chi connectivity index (χ0v) is 14.3. The van der Waals surface area contributed by atoms with Crippen molar-refractivity contribution in [3.8, 4) is 11.1 Å².